The third-order valence-corrected chi connectivity index (χ3v) is 14.1. The van der Waals surface area contributed by atoms with Gasteiger partial charge in [-0.1, -0.05) is 182 Å². The zero-order valence-electron chi connectivity index (χ0n) is 37.0. The third-order valence-electron chi connectivity index (χ3n) is 14.1. The molecule has 3 aromatic heterocycles. The molecule has 0 saturated heterocycles. The van der Waals surface area contributed by atoms with Crippen molar-refractivity contribution in [1.82, 2.24) is 14.1 Å². The Morgan fingerprint density at radius 3 is 1.38 bits per heavy atom. The summed E-state index contributed by atoms with van der Waals surface area (Å²) in [7, 11) is 0. The van der Waals surface area contributed by atoms with Gasteiger partial charge in [-0.15, -0.1) is 0 Å². The predicted octanol–water partition coefficient (Wildman–Crippen LogP) is 17.4. The standard InChI is InChI=1S/C65H41N3/c1-3-16-42(17-4-1)48-39-60(47-19-15-18-43(36-47)44-30-33-54-52-24-8-7-22-50(52)51-23-9-10-25-53(51)58(54)37-44)66-65(41-48)68-62-29-14-12-27-56(62)59-38-45(32-35-63(59)68)46-31-34-57-55-26-11-13-28-61(55)67(64(57)40-46)49-20-5-2-6-21-49/h1-41H. The molecule has 0 bridgehead atoms. The van der Waals surface area contributed by atoms with Gasteiger partial charge >= 0.3 is 0 Å². The minimum Gasteiger partial charge on any atom is -0.309 e. The van der Waals surface area contributed by atoms with Crippen LogP contribution in [0.2, 0.25) is 0 Å². The summed E-state index contributed by atoms with van der Waals surface area (Å²) in [5.41, 5.74) is 14.7. The first-order valence-electron chi connectivity index (χ1n) is 23.4. The molecule has 3 nitrogen and oxygen atoms in total. The van der Waals surface area contributed by atoms with Crippen LogP contribution in [0, 0.1) is 0 Å². The van der Waals surface area contributed by atoms with E-state index in [0.29, 0.717) is 0 Å². The molecule has 0 aliphatic rings. The van der Waals surface area contributed by atoms with Crippen LogP contribution in [0.1, 0.15) is 0 Å². The van der Waals surface area contributed by atoms with Gasteiger partial charge in [-0.2, -0.15) is 0 Å². The summed E-state index contributed by atoms with van der Waals surface area (Å²) < 4.78 is 4.74. The van der Waals surface area contributed by atoms with Crippen LogP contribution in [0.5, 0.6) is 0 Å². The Labute approximate surface area is 393 Å². The second kappa shape index (κ2) is 15.3. The van der Waals surface area contributed by atoms with E-state index in [1.54, 1.807) is 0 Å². The fourth-order valence-electron chi connectivity index (χ4n) is 10.9. The number of benzene rings is 11. The van der Waals surface area contributed by atoms with Crippen LogP contribution in [-0.4, -0.2) is 14.1 Å². The van der Waals surface area contributed by atoms with E-state index < -0.39 is 0 Å². The normalized spacial score (nSPS) is 11.8. The summed E-state index contributed by atoms with van der Waals surface area (Å²) in [5.74, 6) is 0.878. The lowest BCUT2D eigenvalue weighted by atomic mass is 9.91. The predicted molar refractivity (Wildman–Crippen MR) is 287 cm³/mol. The smallest absolute Gasteiger partial charge is 0.138 e. The molecule has 0 unspecified atom stereocenters. The van der Waals surface area contributed by atoms with Crippen molar-refractivity contribution in [2.24, 2.45) is 0 Å². The van der Waals surface area contributed by atoms with Gasteiger partial charge in [0.2, 0.25) is 0 Å². The Balaban J connectivity index is 0.923. The van der Waals surface area contributed by atoms with E-state index in [0.717, 1.165) is 50.5 Å². The van der Waals surface area contributed by atoms with Crippen LogP contribution in [0.25, 0.3) is 132 Å². The molecule has 0 fully saturated rings. The largest absolute Gasteiger partial charge is 0.309 e. The molecule has 0 spiro atoms. The highest BCUT2D eigenvalue weighted by molar-refractivity contribution is 6.25. The van der Waals surface area contributed by atoms with E-state index in [1.807, 2.05) is 0 Å². The van der Waals surface area contributed by atoms with Crippen molar-refractivity contribution in [3.8, 4) is 56.1 Å². The van der Waals surface area contributed by atoms with Crippen LogP contribution < -0.4 is 0 Å². The van der Waals surface area contributed by atoms with E-state index in [1.165, 1.54) is 81.6 Å². The molecule has 11 aromatic carbocycles. The lowest BCUT2D eigenvalue weighted by Crippen LogP contribution is -2.00. The summed E-state index contributed by atoms with van der Waals surface area (Å²) in [6.45, 7) is 0. The second-order valence-corrected chi connectivity index (χ2v) is 17.9. The number of aromatic nitrogens is 3. The van der Waals surface area contributed by atoms with E-state index >= 15 is 0 Å². The van der Waals surface area contributed by atoms with Crippen molar-refractivity contribution >= 4 is 75.9 Å². The molecular formula is C65H41N3. The number of rotatable bonds is 6. The lowest BCUT2D eigenvalue weighted by molar-refractivity contribution is 1.08. The Morgan fingerprint density at radius 1 is 0.221 bits per heavy atom. The highest BCUT2D eigenvalue weighted by Crippen LogP contribution is 2.41. The molecule has 0 amide bonds. The SMILES string of the molecule is c1ccc(-c2cc(-c3cccc(-c4ccc5c6ccccc6c6ccccc6c5c4)c3)nc(-n3c4ccccc4c4cc(-c5ccc6c7ccccc7n(-c7ccccc7)c6c5)ccc43)c2)cc1. The molecule has 3 heterocycles. The van der Waals surface area contributed by atoms with Crippen LogP contribution in [0.15, 0.2) is 249 Å². The van der Waals surface area contributed by atoms with Crippen molar-refractivity contribution < 1.29 is 0 Å². The molecule has 0 aliphatic carbocycles. The van der Waals surface area contributed by atoms with E-state index in [9.17, 15) is 0 Å². The van der Waals surface area contributed by atoms with Gasteiger partial charge in [0.15, 0.2) is 0 Å². The zero-order valence-corrected chi connectivity index (χ0v) is 37.0. The number of hydrogen-bond donors (Lipinski definition) is 0. The molecule has 0 atom stereocenters. The molecular weight excluding hydrogens is 823 g/mol. The lowest BCUT2D eigenvalue weighted by Gasteiger charge is -2.14. The van der Waals surface area contributed by atoms with Crippen LogP contribution in [0.3, 0.4) is 0 Å². The Kier molecular flexibility index (Phi) is 8.59. The van der Waals surface area contributed by atoms with Gasteiger partial charge in [0.1, 0.15) is 5.82 Å². The van der Waals surface area contributed by atoms with Crippen LogP contribution in [-0.2, 0) is 0 Å². The molecule has 0 saturated carbocycles. The van der Waals surface area contributed by atoms with Gasteiger partial charge in [0.05, 0.1) is 27.8 Å². The minimum absolute atomic E-state index is 0.878. The average molecular weight is 864 g/mol. The maximum absolute atomic E-state index is 5.57. The topological polar surface area (TPSA) is 22.8 Å². The van der Waals surface area contributed by atoms with E-state index in [4.69, 9.17) is 4.98 Å². The maximum atomic E-state index is 5.57. The summed E-state index contributed by atoms with van der Waals surface area (Å²) >= 11 is 0. The maximum Gasteiger partial charge on any atom is 0.138 e. The first kappa shape index (κ1) is 38.2. The first-order chi connectivity index (χ1) is 33.7. The van der Waals surface area contributed by atoms with Gasteiger partial charge in [-0.3, -0.25) is 4.57 Å². The number of para-hydroxylation sites is 3. The Bertz CT molecular complexity index is 4270. The fourth-order valence-corrected chi connectivity index (χ4v) is 10.9. The minimum atomic E-state index is 0.878. The third kappa shape index (κ3) is 6.03. The van der Waals surface area contributed by atoms with Gasteiger partial charge in [0, 0.05) is 32.8 Å². The summed E-state index contributed by atoms with van der Waals surface area (Å²) in [6, 6.07) is 90.6. The van der Waals surface area contributed by atoms with Gasteiger partial charge in [-0.25, -0.2) is 4.98 Å². The highest BCUT2D eigenvalue weighted by Gasteiger charge is 2.19. The van der Waals surface area contributed by atoms with Crippen molar-refractivity contribution in [2.45, 2.75) is 0 Å². The number of fused-ring (bicyclic) bond motifs is 12. The highest BCUT2D eigenvalue weighted by atomic mass is 15.1. The molecule has 68 heavy (non-hydrogen) atoms. The Morgan fingerprint density at radius 2 is 0.676 bits per heavy atom. The quantitative estimate of drug-likeness (QED) is 0.153. The summed E-state index contributed by atoms with van der Waals surface area (Å²) in [6.07, 6.45) is 0. The first-order valence-corrected chi connectivity index (χ1v) is 23.4. The summed E-state index contributed by atoms with van der Waals surface area (Å²) in [4.78, 5) is 5.57. The molecule has 3 heteroatoms. The molecule has 14 rings (SSSR count). The van der Waals surface area contributed by atoms with Crippen molar-refractivity contribution in [1.29, 1.82) is 0 Å². The van der Waals surface area contributed by atoms with Gasteiger partial charge < -0.3 is 4.57 Å². The van der Waals surface area contributed by atoms with Gasteiger partial charge in [0.25, 0.3) is 0 Å². The van der Waals surface area contributed by atoms with Crippen molar-refractivity contribution in [3.05, 3.63) is 249 Å². The zero-order chi connectivity index (χ0) is 44.7. The number of hydrogen-bond acceptors (Lipinski definition) is 1. The van der Waals surface area contributed by atoms with Crippen LogP contribution >= 0.6 is 0 Å². The summed E-state index contributed by atoms with van der Waals surface area (Å²) in [5, 5.41) is 12.5. The van der Waals surface area contributed by atoms with Crippen molar-refractivity contribution in [2.75, 3.05) is 0 Å². The fraction of sp³-hybridized carbons (Fsp3) is 0. The molecule has 14 aromatic rings. The molecule has 0 aliphatic heterocycles. The monoisotopic (exact) mass is 863 g/mol. The van der Waals surface area contributed by atoms with Gasteiger partial charge in [-0.05, 0) is 132 Å². The molecule has 316 valence electrons. The number of pyridine rings is 1. The Hall–Kier alpha value is -9.05. The average Bonchev–Trinajstić information content (AvgIpc) is 3.93. The second-order valence-electron chi connectivity index (χ2n) is 17.9. The van der Waals surface area contributed by atoms with Crippen molar-refractivity contribution in [3.63, 3.8) is 0 Å². The molecule has 0 radical (unpaired) electrons. The van der Waals surface area contributed by atoms with E-state index in [-0.39, 0.29) is 0 Å². The van der Waals surface area contributed by atoms with Crippen LogP contribution in [0.4, 0.5) is 0 Å². The van der Waals surface area contributed by atoms with E-state index in [2.05, 4.69) is 258 Å². The number of nitrogens with zero attached hydrogens (tertiary/aromatic N) is 3. The molecule has 0 N–H and O–H groups in total.